The summed E-state index contributed by atoms with van der Waals surface area (Å²) in [5, 5.41) is 0. The van der Waals surface area contributed by atoms with Crippen LogP contribution in [0.3, 0.4) is 0 Å². The van der Waals surface area contributed by atoms with Gasteiger partial charge in [0.05, 0.1) is 3.92 Å². The Kier molecular flexibility index (Phi) is 4.04. The standard InChI is InChI=1S/C14H15FINO/c1-3-17-13(7-6-12(16)14(17)18)11-5-4-10(15)8-9(11)2/h4-5,7-8,12H,3,6H2,1-2H3. The van der Waals surface area contributed by atoms with Crippen molar-refractivity contribution in [2.75, 3.05) is 6.54 Å². The molecular formula is C14H15FINO. The summed E-state index contributed by atoms with van der Waals surface area (Å²) in [6.07, 6.45) is 2.81. The predicted octanol–water partition coefficient (Wildman–Crippen LogP) is 3.53. The molecule has 1 atom stereocenters. The SMILES string of the molecule is CCN1C(=O)C(I)CC=C1c1ccc(F)cc1C. The highest BCUT2D eigenvalue weighted by Gasteiger charge is 2.28. The third kappa shape index (κ3) is 2.43. The molecule has 1 unspecified atom stereocenters. The lowest BCUT2D eigenvalue weighted by molar-refractivity contribution is -0.127. The molecule has 0 saturated carbocycles. The van der Waals surface area contributed by atoms with E-state index in [1.807, 2.05) is 13.8 Å². The summed E-state index contributed by atoms with van der Waals surface area (Å²) in [6, 6.07) is 4.70. The van der Waals surface area contributed by atoms with Crippen LogP contribution in [0.2, 0.25) is 0 Å². The molecule has 96 valence electrons. The fraction of sp³-hybridized carbons (Fsp3) is 0.357. The lowest BCUT2D eigenvalue weighted by atomic mass is 10.00. The van der Waals surface area contributed by atoms with Gasteiger partial charge >= 0.3 is 0 Å². The monoisotopic (exact) mass is 359 g/mol. The topological polar surface area (TPSA) is 20.3 Å². The van der Waals surface area contributed by atoms with Crippen molar-refractivity contribution >= 4 is 34.2 Å². The van der Waals surface area contributed by atoms with Crippen molar-refractivity contribution < 1.29 is 9.18 Å². The number of amides is 1. The molecule has 4 heteroatoms. The van der Waals surface area contributed by atoms with Gasteiger partial charge in [-0.25, -0.2) is 4.39 Å². The maximum atomic E-state index is 13.1. The maximum Gasteiger partial charge on any atom is 0.240 e. The molecular weight excluding hydrogens is 344 g/mol. The Hall–Kier alpha value is -0.910. The molecule has 18 heavy (non-hydrogen) atoms. The van der Waals surface area contributed by atoms with Gasteiger partial charge in [-0.2, -0.15) is 0 Å². The van der Waals surface area contributed by atoms with Crippen LogP contribution in [0, 0.1) is 12.7 Å². The fourth-order valence-corrected chi connectivity index (χ4v) is 2.80. The lowest BCUT2D eigenvalue weighted by Gasteiger charge is -2.31. The van der Waals surface area contributed by atoms with Gasteiger partial charge in [-0.05, 0) is 44.0 Å². The molecule has 1 amide bonds. The molecule has 0 aromatic heterocycles. The normalized spacial score (nSPS) is 20.0. The molecule has 0 saturated heterocycles. The molecule has 1 heterocycles. The summed E-state index contributed by atoms with van der Waals surface area (Å²) in [6.45, 7) is 4.47. The average Bonchev–Trinajstić information content (AvgIpc) is 2.33. The zero-order chi connectivity index (χ0) is 13.3. The van der Waals surface area contributed by atoms with Gasteiger partial charge in [-0.1, -0.05) is 28.7 Å². The van der Waals surface area contributed by atoms with Gasteiger partial charge < -0.3 is 4.90 Å². The molecule has 2 nitrogen and oxygen atoms in total. The third-order valence-electron chi connectivity index (χ3n) is 3.12. The van der Waals surface area contributed by atoms with Gasteiger partial charge in [0.15, 0.2) is 0 Å². The molecule has 0 fully saturated rings. The second kappa shape index (κ2) is 5.38. The second-order valence-corrected chi connectivity index (χ2v) is 5.84. The second-order valence-electron chi connectivity index (χ2n) is 4.33. The van der Waals surface area contributed by atoms with Gasteiger partial charge in [0.1, 0.15) is 5.82 Å². The zero-order valence-electron chi connectivity index (χ0n) is 10.4. The third-order valence-corrected chi connectivity index (χ3v) is 4.16. The summed E-state index contributed by atoms with van der Waals surface area (Å²) < 4.78 is 13.1. The highest BCUT2D eigenvalue weighted by molar-refractivity contribution is 14.1. The highest BCUT2D eigenvalue weighted by atomic mass is 127. The van der Waals surface area contributed by atoms with Gasteiger partial charge in [-0.15, -0.1) is 0 Å². The number of alkyl halides is 1. The Labute approximate surface area is 120 Å². The van der Waals surface area contributed by atoms with Crippen molar-refractivity contribution in [3.8, 4) is 0 Å². The largest absolute Gasteiger partial charge is 0.311 e. The molecule has 0 N–H and O–H groups in total. The van der Waals surface area contributed by atoms with Crippen molar-refractivity contribution in [3.63, 3.8) is 0 Å². The molecule has 0 bridgehead atoms. The van der Waals surface area contributed by atoms with Crippen LogP contribution in [0.25, 0.3) is 5.70 Å². The minimum absolute atomic E-state index is 0.00653. The number of carbonyl (C=O) groups is 1. The number of hydrogen-bond acceptors (Lipinski definition) is 1. The van der Waals surface area contributed by atoms with E-state index in [2.05, 4.69) is 28.7 Å². The van der Waals surface area contributed by atoms with Crippen molar-refractivity contribution in [2.45, 2.75) is 24.2 Å². The van der Waals surface area contributed by atoms with Crippen molar-refractivity contribution in [1.29, 1.82) is 0 Å². The van der Waals surface area contributed by atoms with Crippen LogP contribution >= 0.6 is 22.6 Å². The van der Waals surface area contributed by atoms with E-state index in [9.17, 15) is 9.18 Å². The van der Waals surface area contributed by atoms with Crippen LogP contribution in [0.4, 0.5) is 4.39 Å². The quantitative estimate of drug-likeness (QED) is 0.585. The minimum atomic E-state index is -0.242. The first-order chi connectivity index (χ1) is 8.54. The summed E-state index contributed by atoms with van der Waals surface area (Å²) in [5.74, 6) is -0.104. The van der Waals surface area contributed by atoms with E-state index in [0.29, 0.717) is 6.54 Å². The number of rotatable bonds is 2. The first kappa shape index (κ1) is 13.5. The summed E-state index contributed by atoms with van der Waals surface area (Å²) in [5.41, 5.74) is 2.71. The van der Waals surface area contributed by atoms with Crippen molar-refractivity contribution in [2.24, 2.45) is 0 Å². The van der Waals surface area contributed by atoms with Gasteiger partial charge in [0.25, 0.3) is 0 Å². The molecule has 0 aliphatic carbocycles. The Bertz CT molecular complexity index is 513. The molecule has 1 aromatic rings. The Morgan fingerprint density at radius 2 is 2.22 bits per heavy atom. The molecule has 0 spiro atoms. The van der Waals surface area contributed by atoms with Crippen LogP contribution in [0.1, 0.15) is 24.5 Å². The molecule has 1 aliphatic rings. The van der Waals surface area contributed by atoms with E-state index in [-0.39, 0.29) is 15.6 Å². The van der Waals surface area contributed by atoms with E-state index >= 15 is 0 Å². The molecule has 1 aliphatic heterocycles. The number of allylic oxidation sites excluding steroid dienone is 1. The first-order valence-electron chi connectivity index (χ1n) is 5.96. The van der Waals surface area contributed by atoms with Crippen LogP contribution in [0.5, 0.6) is 0 Å². The fourth-order valence-electron chi connectivity index (χ4n) is 2.21. The van der Waals surface area contributed by atoms with E-state index in [1.165, 1.54) is 12.1 Å². The number of benzene rings is 1. The number of nitrogens with zero attached hydrogens (tertiary/aromatic N) is 1. The number of halogens is 2. The van der Waals surface area contributed by atoms with Gasteiger partial charge in [0.2, 0.25) is 5.91 Å². The number of carbonyl (C=O) groups excluding carboxylic acids is 1. The predicted molar refractivity (Wildman–Crippen MR) is 78.9 cm³/mol. The number of aryl methyl sites for hydroxylation is 1. The van der Waals surface area contributed by atoms with E-state index in [4.69, 9.17) is 0 Å². The Morgan fingerprint density at radius 1 is 1.50 bits per heavy atom. The molecule has 2 rings (SSSR count). The van der Waals surface area contributed by atoms with Crippen molar-refractivity contribution in [1.82, 2.24) is 4.90 Å². The first-order valence-corrected chi connectivity index (χ1v) is 7.21. The van der Waals surface area contributed by atoms with Crippen LogP contribution in [-0.2, 0) is 4.79 Å². The van der Waals surface area contributed by atoms with Gasteiger partial charge in [0, 0.05) is 17.8 Å². The van der Waals surface area contributed by atoms with E-state index in [0.717, 1.165) is 23.2 Å². The molecule has 0 radical (unpaired) electrons. The molecule has 1 aromatic carbocycles. The summed E-state index contributed by atoms with van der Waals surface area (Å²) in [7, 11) is 0. The summed E-state index contributed by atoms with van der Waals surface area (Å²) >= 11 is 2.17. The smallest absolute Gasteiger partial charge is 0.240 e. The minimum Gasteiger partial charge on any atom is -0.311 e. The van der Waals surface area contributed by atoms with Crippen molar-refractivity contribution in [3.05, 3.63) is 41.2 Å². The lowest BCUT2D eigenvalue weighted by Crippen LogP contribution is -2.38. The van der Waals surface area contributed by atoms with Crippen LogP contribution in [-0.4, -0.2) is 21.3 Å². The highest BCUT2D eigenvalue weighted by Crippen LogP contribution is 2.30. The Morgan fingerprint density at radius 3 is 2.83 bits per heavy atom. The van der Waals surface area contributed by atoms with Crippen LogP contribution < -0.4 is 0 Å². The maximum absolute atomic E-state index is 13.1. The van der Waals surface area contributed by atoms with E-state index in [1.54, 1.807) is 11.0 Å². The zero-order valence-corrected chi connectivity index (χ0v) is 12.6. The Balaban J connectivity index is 2.45. The van der Waals surface area contributed by atoms with Crippen LogP contribution in [0.15, 0.2) is 24.3 Å². The van der Waals surface area contributed by atoms with E-state index < -0.39 is 0 Å². The van der Waals surface area contributed by atoms with Gasteiger partial charge in [-0.3, -0.25) is 4.79 Å². The summed E-state index contributed by atoms with van der Waals surface area (Å²) in [4.78, 5) is 13.9. The number of hydrogen-bond donors (Lipinski definition) is 0. The average molecular weight is 359 g/mol.